The molecule has 1 unspecified atom stereocenters. The summed E-state index contributed by atoms with van der Waals surface area (Å²) >= 11 is 11.7. The van der Waals surface area contributed by atoms with E-state index in [1.165, 1.54) is 0 Å². The van der Waals surface area contributed by atoms with Crippen molar-refractivity contribution in [3.63, 3.8) is 0 Å². The molecule has 0 aliphatic carbocycles. The van der Waals surface area contributed by atoms with Crippen molar-refractivity contribution in [2.75, 3.05) is 6.54 Å². The second-order valence-corrected chi connectivity index (χ2v) is 4.64. The van der Waals surface area contributed by atoms with Crippen molar-refractivity contribution in [2.45, 2.75) is 26.4 Å². The van der Waals surface area contributed by atoms with E-state index >= 15 is 0 Å². The first-order chi connectivity index (χ1) is 7.95. The summed E-state index contributed by atoms with van der Waals surface area (Å²) in [6, 6.07) is 4.82. The highest BCUT2D eigenvalue weighted by molar-refractivity contribution is 6.42. The van der Waals surface area contributed by atoms with Gasteiger partial charge in [-0.1, -0.05) is 36.2 Å². The summed E-state index contributed by atoms with van der Waals surface area (Å²) in [7, 11) is 0. The van der Waals surface area contributed by atoms with Crippen molar-refractivity contribution in [3.8, 4) is 0 Å². The zero-order valence-corrected chi connectivity index (χ0v) is 11.3. The minimum Gasteiger partial charge on any atom is -0.480 e. The molecule has 0 saturated heterocycles. The maximum Gasteiger partial charge on any atom is 0.320 e. The Morgan fingerprint density at radius 1 is 1.41 bits per heavy atom. The normalized spacial score (nSPS) is 12.8. The molecule has 1 aromatic rings. The zero-order chi connectivity index (χ0) is 13.0. The minimum atomic E-state index is -0.827. The molecule has 94 valence electrons. The Hall–Kier alpha value is -0.770. The third-order valence-corrected chi connectivity index (χ3v) is 3.42. The Bertz CT molecular complexity index is 409. The number of halogens is 2. The zero-order valence-electron chi connectivity index (χ0n) is 9.78. The van der Waals surface area contributed by atoms with Crippen LogP contribution in [0.5, 0.6) is 0 Å². The van der Waals surface area contributed by atoms with Crippen LogP contribution in [-0.2, 0) is 11.3 Å². The molecule has 0 amide bonds. The van der Waals surface area contributed by atoms with Crippen molar-refractivity contribution < 1.29 is 9.90 Å². The van der Waals surface area contributed by atoms with Gasteiger partial charge in [0.15, 0.2) is 0 Å². The molecule has 3 nitrogen and oxygen atoms in total. The number of carboxylic acids is 1. The minimum absolute atomic E-state index is 0.489. The van der Waals surface area contributed by atoms with Crippen molar-refractivity contribution >= 4 is 29.2 Å². The Kier molecular flexibility index (Phi) is 5.25. The van der Waals surface area contributed by atoms with Gasteiger partial charge in [0.05, 0.1) is 10.0 Å². The number of hydrogen-bond donors (Lipinski definition) is 1. The Morgan fingerprint density at radius 2 is 2.06 bits per heavy atom. The molecule has 17 heavy (non-hydrogen) atoms. The van der Waals surface area contributed by atoms with Gasteiger partial charge in [0.2, 0.25) is 0 Å². The lowest BCUT2D eigenvalue weighted by molar-refractivity contribution is -0.142. The lowest BCUT2D eigenvalue weighted by Crippen LogP contribution is -2.38. The molecule has 0 fully saturated rings. The van der Waals surface area contributed by atoms with E-state index in [0.29, 0.717) is 23.1 Å². The number of rotatable bonds is 5. The van der Waals surface area contributed by atoms with E-state index in [9.17, 15) is 4.79 Å². The maximum absolute atomic E-state index is 10.9. The molecule has 0 heterocycles. The van der Waals surface area contributed by atoms with Crippen LogP contribution in [0.2, 0.25) is 10.0 Å². The molecule has 0 spiro atoms. The predicted molar refractivity (Wildman–Crippen MR) is 69.6 cm³/mol. The van der Waals surface area contributed by atoms with Gasteiger partial charge in [0.1, 0.15) is 6.04 Å². The molecule has 1 rings (SSSR count). The third kappa shape index (κ3) is 3.87. The van der Waals surface area contributed by atoms with Crippen molar-refractivity contribution in [1.29, 1.82) is 0 Å². The fraction of sp³-hybridized carbons (Fsp3) is 0.417. The highest BCUT2D eigenvalue weighted by Gasteiger charge is 2.19. The molecule has 1 aromatic carbocycles. The number of carboxylic acid groups (broad SMARTS) is 1. The number of aliphatic carboxylic acids is 1. The van der Waals surface area contributed by atoms with E-state index in [2.05, 4.69) is 0 Å². The SMILES string of the molecule is CCN(Cc1ccc(Cl)c(Cl)c1)C(C)C(=O)O. The summed E-state index contributed by atoms with van der Waals surface area (Å²) < 4.78 is 0. The number of likely N-dealkylation sites (N-methyl/N-ethyl adjacent to an activating group) is 1. The fourth-order valence-electron chi connectivity index (χ4n) is 1.55. The smallest absolute Gasteiger partial charge is 0.320 e. The van der Waals surface area contributed by atoms with Gasteiger partial charge >= 0.3 is 5.97 Å². The Balaban J connectivity index is 2.80. The summed E-state index contributed by atoms with van der Waals surface area (Å²) in [5, 5.41) is 9.96. The average molecular weight is 276 g/mol. The van der Waals surface area contributed by atoms with E-state index < -0.39 is 12.0 Å². The second-order valence-electron chi connectivity index (χ2n) is 3.83. The second kappa shape index (κ2) is 6.24. The van der Waals surface area contributed by atoms with Gasteiger partial charge in [0, 0.05) is 6.54 Å². The van der Waals surface area contributed by atoms with Gasteiger partial charge in [-0.25, -0.2) is 0 Å². The summed E-state index contributed by atoms with van der Waals surface area (Å²) in [4.78, 5) is 12.8. The quantitative estimate of drug-likeness (QED) is 0.897. The summed E-state index contributed by atoms with van der Waals surface area (Å²) in [5.74, 6) is -0.827. The lowest BCUT2D eigenvalue weighted by Gasteiger charge is -2.24. The number of nitrogens with zero attached hydrogens (tertiary/aromatic N) is 1. The average Bonchev–Trinajstić information content (AvgIpc) is 2.29. The molecular weight excluding hydrogens is 261 g/mol. The van der Waals surface area contributed by atoms with Gasteiger partial charge in [-0.15, -0.1) is 0 Å². The van der Waals surface area contributed by atoms with Crippen LogP contribution in [-0.4, -0.2) is 28.6 Å². The number of hydrogen-bond acceptors (Lipinski definition) is 2. The summed E-state index contributed by atoms with van der Waals surface area (Å²) in [6.45, 7) is 4.80. The molecular formula is C12H15Cl2NO2. The summed E-state index contributed by atoms with van der Waals surface area (Å²) in [5.41, 5.74) is 0.953. The summed E-state index contributed by atoms with van der Waals surface area (Å²) in [6.07, 6.45) is 0. The predicted octanol–water partition coefficient (Wildman–Crippen LogP) is 3.29. The molecule has 0 aliphatic heterocycles. The monoisotopic (exact) mass is 275 g/mol. The fourth-order valence-corrected chi connectivity index (χ4v) is 1.87. The van der Waals surface area contributed by atoms with Gasteiger partial charge < -0.3 is 5.11 Å². The first-order valence-electron chi connectivity index (χ1n) is 5.36. The van der Waals surface area contributed by atoms with E-state index in [-0.39, 0.29) is 0 Å². The van der Waals surface area contributed by atoms with E-state index in [4.69, 9.17) is 28.3 Å². The van der Waals surface area contributed by atoms with Crippen LogP contribution in [0.25, 0.3) is 0 Å². The van der Waals surface area contributed by atoms with Crippen LogP contribution in [0.1, 0.15) is 19.4 Å². The first-order valence-corrected chi connectivity index (χ1v) is 6.12. The van der Waals surface area contributed by atoms with Crippen molar-refractivity contribution in [1.82, 2.24) is 4.90 Å². The van der Waals surface area contributed by atoms with Crippen LogP contribution in [0.3, 0.4) is 0 Å². The maximum atomic E-state index is 10.9. The van der Waals surface area contributed by atoms with Gasteiger partial charge in [-0.3, -0.25) is 9.69 Å². The molecule has 1 N–H and O–H groups in total. The molecule has 0 aromatic heterocycles. The van der Waals surface area contributed by atoms with Crippen molar-refractivity contribution in [3.05, 3.63) is 33.8 Å². The molecule has 0 aliphatic rings. The van der Waals surface area contributed by atoms with Crippen molar-refractivity contribution in [2.24, 2.45) is 0 Å². The topological polar surface area (TPSA) is 40.5 Å². The number of benzene rings is 1. The largest absolute Gasteiger partial charge is 0.480 e. The highest BCUT2D eigenvalue weighted by atomic mass is 35.5. The molecule has 0 radical (unpaired) electrons. The first kappa shape index (κ1) is 14.3. The highest BCUT2D eigenvalue weighted by Crippen LogP contribution is 2.23. The van der Waals surface area contributed by atoms with E-state index in [0.717, 1.165) is 5.56 Å². The molecule has 0 bridgehead atoms. The Morgan fingerprint density at radius 3 is 2.53 bits per heavy atom. The van der Waals surface area contributed by atoms with Gasteiger partial charge in [-0.05, 0) is 31.2 Å². The standard InChI is InChI=1S/C12H15Cl2NO2/c1-3-15(8(2)12(16)17)7-9-4-5-10(13)11(14)6-9/h4-6,8H,3,7H2,1-2H3,(H,16,17). The van der Waals surface area contributed by atoms with Gasteiger partial charge in [-0.2, -0.15) is 0 Å². The number of carbonyl (C=O) groups is 1. The van der Waals surface area contributed by atoms with E-state index in [1.54, 1.807) is 19.1 Å². The van der Waals surface area contributed by atoms with Crippen LogP contribution in [0, 0.1) is 0 Å². The third-order valence-electron chi connectivity index (χ3n) is 2.68. The molecule has 5 heteroatoms. The Labute approximate surface area is 111 Å². The molecule has 1 atom stereocenters. The van der Waals surface area contributed by atoms with Crippen LogP contribution in [0.4, 0.5) is 0 Å². The van der Waals surface area contributed by atoms with Crippen LogP contribution in [0.15, 0.2) is 18.2 Å². The van der Waals surface area contributed by atoms with E-state index in [1.807, 2.05) is 17.9 Å². The van der Waals surface area contributed by atoms with Crippen LogP contribution < -0.4 is 0 Å². The molecule has 0 saturated carbocycles. The lowest BCUT2D eigenvalue weighted by atomic mass is 10.2. The van der Waals surface area contributed by atoms with Gasteiger partial charge in [0.25, 0.3) is 0 Å². The van der Waals surface area contributed by atoms with Crippen LogP contribution >= 0.6 is 23.2 Å².